The van der Waals surface area contributed by atoms with Crippen molar-refractivity contribution in [2.45, 2.75) is 26.3 Å². The number of carbonyl (C=O) groups is 1. The van der Waals surface area contributed by atoms with Gasteiger partial charge < -0.3 is 21.3 Å². The lowest BCUT2D eigenvalue weighted by molar-refractivity contribution is 0.0952. The molecule has 1 heterocycles. The van der Waals surface area contributed by atoms with Crippen molar-refractivity contribution in [3.05, 3.63) is 4.88 Å². The fraction of sp³-hybridized carbons (Fsp3) is 0.667. The van der Waals surface area contributed by atoms with Crippen molar-refractivity contribution in [3.8, 4) is 0 Å². The first-order chi connectivity index (χ1) is 8.99. The van der Waals surface area contributed by atoms with Crippen molar-refractivity contribution >= 4 is 28.2 Å². The Bertz CT molecular complexity index is 420. The molecule has 6 nitrogen and oxygen atoms in total. The molecule has 1 amide bonds. The van der Waals surface area contributed by atoms with Crippen LogP contribution in [-0.4, -0.2) is 49.0 Å². The quantitative estimate of drug-likeness (QED) is 0.702. The summed E-state index contributed by atoms with van der Waals surface area (Å²) in [4.78, 5) is 18.7. The fourth-order valence-corrected chi connectivity index (χ4v) is 2.31. The van der Waals surface area contributed by atoms with Crippen molar-refractivity contribution in [3.63, 3.8) is 0 Å². The maximum Gasteiger partial charge on any atom is 0.265 e. The molecule has 0 spiro atoms. The highest BCUT2D eigenvalue weighted by atomic mass is 32.1. The largest absolute Gasteiger partial charge is 0.382 e. The summed E-state index contributed by atoms with van der Waals surface area (Å²) in [6, 6.07) is 0.515. The van der Waals surface area contributed by atoms with Crippen LogP contribution >= 0.6 is 11.3 Å². The van der Waals surface area contributed by atoms with Crippen LogP contribution in [0.4, 0.5) is 10.9 Å². The number of nitrogens with one attached hydrogen (secondary N) is 2. The molecule has 0 aliphatic heterocycles. The topological polar surface area (TPSA) is 83.3 Å². The minimum absolute atomic E-state index is 0.158. The Kier molecular flexibility index (Phi) is 6.04. The van der Waals surface area contributed by atoms with E-state index in [-0.39, 0.29) is 11.7 Å². The van der Waals surface area contributed by atoms with Gasteiger partial charge in [0.15, 0.2) is 5.13 Å². The maximum absolute atomic E-state index is 11.9. The summed E-state index contributed by atoms with van der Waals surface area (Å²) in [6.07, 6.45) is 1.10. The van der Waals surface area contributed by atoms with Crippen LogP contribution in [0.15, 0.2) is 0 Å². The molecule has 1 rings (SSSR count). The van der Waals surface area contributed by atoms with E-state index in [9.17, 15) is 4.79 Å². The third-order valence-corrected chi connectivity index (χ3v) is 4.25. The van der Waals surface area contributed by atoms with Gasteiger partial charge in [-0.3, -0.25) is 4.79 Å². The highest BCUT2D eigenvalue weighted by Crippen LogP contribution is 2.23. The molecule has 0 fully saturated rings. The van der Waals surface area contributed by atoms with Gasteiger partial charge in [-0.25, -0.2) is 4.98 Å². The molecular formula is C12H23N5OS. The van der Waals surface area contributed by atoms with Crippen LogP contribution in [0.3, 0.4) is 0 Å². The Morgan fingerprint density at radius 1 is 1.58 bits per heavy atom. The van der Waals surface area contributed by atoms with Gasteiger partial charge in [-0.15, -0.1) is 0 Å². The molecule has 4 N–H and O–H groups in total. The molecule has 0 radical (unpaired) electrons. The summed E-state index contributed by atoms with van der Waals surface area (Å²) in [7, 11) is 3.81. The second-order valence-corrected chi connectivity index (χ2v) is 5.48. The van der Waals surface area contributed by atoms with Gasteiger partial charge in [0.2, 0.25) is 0 Å². The number of aromatic nitrogens is 1. The van der Waals surface area contributed by atoms with E-state index in [1.54, 1.807) is 7.05 Å². The van der Waals surface area contributed by atoms with E-state index >= 15 is 0 Å². The molecule has 1 atom stereocenters. The molecule has 1 aromatic heterocycles. The number of nitrogens with zero attached hydrogens (tertiary/aromatic N) is 2. The van der Waals surface area contributed by atoms with Gasteiger partial charge in [0, 0.05) is 26.2 Å². The number of amides is 1. The second-order valence-electron chi connectivity index (χ2n) is 4.48. The smallest absolute Gasteiger partial charge is 0.265 e. The lowest BCUT2D eigenvalue weighted by Gasteiger charge is -2.23. The Hall–Kier alpha value is -1.34. The lowest BCUT2D eigenvalue weighted by Crippen LogP contribution is -2.37. The van der Waals surface area contributed by atoms with Gasteiger partial charge in [0.25, 0.3) is 5.91 Å². The Balaban J connectivity index is 2.45. The number of nitrogens with two attached hydrogens (primary N) is 1. The standard InChI is InChI=1S/C12H23N5OS/c1-5-8(2)17(4)7-6-15-11(18)9-10(13)16-12(14-3)19-9/h8H,5-7,13H2,1-4H3,(H,14,16)(H,15,18). The van der Waals surface area contributed by atoms with Crippen LogP contribution < -0.4 is 16.4 Å². The average Bonchev–Trinajstić information content (AvgIpc) is 2.78. The van der Waals surface area contributed by atoms with Crippen LogP contribution in [0.1, 0.15) is 29.9 Å². The number of anilines is 2. The van der Waals surface area contributed by atoms with Gasteiger partial charge in [-0.05, 0) is 20.4 Å². The number of hydrogen-bond donors (Lipinski definition) is 3. The van der Waals surface area contributed by atoms with Crippen molar-refractivity contribution in [1.82, 2.24) is 15.2 Å². The molecule has 0 saturated heterocycles. The van der Waals surface area contributed by atoms with Gasteiger partial charge in [0.1, 0.15) is 10.7 Å². The minimum Gasteiger partial charge on any atom is -0.382 e. The highest BCUT2D eigenvalue weighted by molar-refractivity contribution is 7.18. The van der Waals surface area contributed by atoms with Crippen molar-refractivity contribution in [2.24, 2.45) is 0 Å². The van der Waals surface area contributed by atoms with E-state index in [0.29, 0.717) is 22.6 Å². The van der Waals surface area contributed by atoms with Gasteiger partial charge in [-0.1, -0.05) is 18.3 Å². The predicted molar refractivity (Wildman–Crippen MR) is 80.8 cm³/mol. The third kappa shape index (κ3) is 4.36. The molecule has 0 aliphatic carbocycles. The molecule has 108 valence electrons. The zero-order chi connectivity index (χ0) is 14.4. The number of hydrogen-bond acceptors (Lipinski definition) is 6. The molecule has 0 bridgehead atoms. The summed E-state index contributed by atoms with van der Waals surface area (Å²) in [5, 5.41) is 6.40. The summed E-state index contributed by atoms with van der Waals surface area (Å²) in [5.41, 5.74) is 5.71. The third-order valence-electron chi connectivity index (χ3n) is 3.17. The predicted octanol–water partition coefficient (Wildman–Crippen LogP) is 1.23. The summed E-state index contributed by atoms with van der Waals surface area (Å²) < 4.78 is 0. The number of carbonyl (C=O) groups excluding carboxylic acids is 1. The second kappa shape index (κ2) is 7.30. The molecular weight excluding hydrogens is 262 g/mol. The minimum atomic E-state index is -0.158. The summed E-state index contributed by atoms with van der Waals surface area (Å²) in [6.45, 7) is 5.74. The van der Waals surface area contributed by atoms with Crippen molar-refractivity contribution < 1.29 is 4.79 Å². The molecule has 0 aromatic carbocycles. The molecule has 19 heavy (non-hydrogen) atoms. The van der Waals surface area contributed by atoms with Crippen molar-refractivity contribution in [1.29, 1.82) is 0 Å². The molecule has 1 unspecified atom stereocenters. The monoisotopic (exact) mass is 285 g/mol. The Morgan fingerprint density at radius 2 is 2.26 bits per heavy atom. The van der Waals surface area contributed by atoms with Crippen LogP contribution in [0, 0.1) is 0 Å². The first-order valence-corrected chi connectivity index (χ1v) is 7.23. The van der Waals surface area contributed by atoms with Crippen molar-refractivity contribution in [2.75, 3.05) is 38.2 Å². The number of nitrogen functional groups attached to an aromatic ring is 1. The highest BCUT2D eigenvalue weighted by Gasteiger charge is 2.15. The van der Waals surface area contributed by atoms with E-state index in [2.05, 4.69) is 41.4 Å². The molecule has 1 aromatic rings. The van der Waals surface area contributed by atoms with Crippen LogP contribution in [-0.2, 0) is 0 Å². The van der Waals surface area contributed by atoms with E-state index in [1.807, 2.05) is 0 Å². The van der Waals surface area contributed by atoms with E-state index in [0.717, 1.165) is 13.0 Å². The Morgan fingerprint density at radius 3 is 2.79 bits per heavy atom. The van der Waals surface area contributed by atoms with E-state index in [4.69, 9.17) is 5.73 Å². The lowest BCUT2D eigenvalue weighted by atomic mass is 10.2. The van der Waals surface area contributed by atoms with Crippen LogP contribution in [0.2, 0.25) is 0 Å². The first-order valence-electron chi connectivity index (χ1n) is 6.42. The SMILES string of the molecule is CCC(C)N(C)CCNC(=O)c1sc(NC)nc1N. The molecule has 0 saturated carbocycles. The zero-order valence-electron chi connectivity index (χ0n) is 12.0. The van der Waals surface area contributed by atoms with Crippen LogP contribution in [0.5, 0.6) is 0 Å². The van der Waals surface area contributed by atoms with E-state index < -0.39 is 0 Å². The zero-order valence-corrected chi connectivity index (χ0v) is 12.8. The number of rotatable bonds is 7. The van der Waals surface area contributed by atoms with Crippen LogP contribution in [0.25, 0.3) is 0 Å². The summed E-state index contributed by atoms with van der Waals surface area (Å²) in [5.74, 6) is 0.121. The average molecular weight is 285 g/mol. The first kappa shape index (κ1) is 15.7. The molecule has 7 heteroatoms. The molecule has 0 aliphatic rings. The summed E-state index contributed by atoms with van der Waals surface area (Å²) >= 11 is 1.26. The normalized spacial score (nSPS) is 12.5. The number of thiazole rings is 1. The fourth-order valence-electron chi connectivity index (χ4n) is 1.56. The van der Waals surface area contributed by atoms with Gasteiger partial charge >= 0.3 is 0 Å². The number of likely N-dealkylation sites (N-methyl/N-ethyl adjacent to an activating group) is 1. The van der Waals surface area contributed by atoms with Gasteiger partial charge in [-0.2, -0.15) is 0 Å². The van der Waals surface area contributed by atoms with E-state index in [1.165, 1.54) is 11.3 Å². The van der Waals surface area contributed by atoms with Gasteiger partial charge in [0.05, 0.1) is 0 Å². The maximum atomic E-state index is 11.9. The Labute approximate surface area is 118 Å².